The van der Waals surface area contributed by atoms with E-state index in [2.05, 4.69) is 6.92 Å². The van der Waals surface area contributed by atoms with E-state index >= 15 is 0 Å². The van der Waals surface area contributed by atoms with Crippen LogP contribution in [0.15, 0.2) is 66.7 Å². The lowest BCUT2D eigenvalue weighted by Crippen LogP contribution is -2.15. The van der Waals surface area contributed by atoms with E-state index < -0.39 is 12.1 Å². The van der Waals surface area contributed by atoms with Crippen LogP contribution in [0.3, 0.4) is 0 Å². The first kappa shape index (κ1) is 28.4. The number of ether oxygens (including phenoxy) is 2. The number of rotatable bonds is 11. The molecule has 0 saturated heterocycles. The number of carbonyl (C=O) groups excluding carboxylic acids is 2. The van der Waals surface area contributed by atoms with Crippen LogP contribution in [0, 0.1) is 6.92 Å². The Kier molecular flexibility index (Phi) is 9.44. The lowest BCUT2D eigenvalue weighted by Gasteiger charge is -2.12. The van der Waals surface area contributed by atoms with Gasteiger partial charge >= 0.3 is 5.97 Å². The molecule has 0 fully saturated rings. The monoisotopic (exact) mass is 547 g/mol. The first-order valence-corrected chi connectivity index (χ1v) is 13.7. The molecule has 0 radical (unpaired) electrons. The highest BCUT2D eigenvalue weighted by molar-refractivity contribution is 6.30. The molecule has 0 aliphatic heterocycles. The highest BCUT2D eigenvalue weighted by atomic mass is 35.5. The van der Waals surface area contributed by atoms with Crippen molar-refractivity contribution in [2.75, 3.05) is 7.11 Å². The molecule has 0 bridgehead atoms. The number of hydrogen-bond donors (Lipinski definition) is 1. The maximum Gasteiger partial charge on any atom is 0.315 e. The van der Waals surface area contributed by atoms with Crippen LogP contribution in [0.4, 0.5) is 0 Å². The van der Waals surface area contributed by atoms with Gasteiger partial charge in [0.1, 0.15) is 11.5 Å². The molecule has 7 heteroatoms. The van der Waals surface area contributed by atoms with Crippen molar-refractivity contribution >= 4 is 34.4 Å². The highest BCUT2D eigenvalue weighted by Gasteiger charge is 2.23. The Morgan fingerprint density at radius 1 is 0.949 bits per heavy atom. The number of halogens is 1. The van der Waals surface area contributed by atoms with Crippen molar-refractivity contribution < 1.29 is 24.2 Å². The Balaban J connectivity index is 1.54. The second kappa shape index (κ2) is 13.0. The molecular formula is C32H34ClNO5. The van der Waals surface area contributed by atoms with E-state index in [1.807, 2.05) is 19.1 Å². The number of aliphatic hydroxyl groups is 1. The fraction of sp³-hybridized carbons (Fsp3) is 0.312. The largest absolute Gasteiger partial charge is 0.497 e. The highest BCUT2D eigenvalue weighted by Crippen LogP contribution is 2.31. The van der Waals surface area contributed by atoms with E-state index in [9.17, 15) is 14.7 Å². The minimum atomic E-state index is -0.534. The molecule has 39 heavy (non-hydrogen) atoms. The molecule has 0 spiro atoms. The lowest BCUT2D eigenvalue weighted by atomic mass is 10.0. The summed E-state index contributed by atoms with van der Waals surface area (Å²) < 4.78 is 12.6. The molecule has 1 atom stereocenters. The summed E-state index contributed by atoms with van der Waals surface area (Å²) in [6, 6.07) is 19.1. The standard InChI is InChI=1S/C32H34ClNO5/c1-4-5-6-7-8-30(35)22-11-15-25(16-12-22)39-31(36)20-27-21(2)34(29-18-17-26(38-3)19-28(27)29)32(37)23-9-13-24(33)14-10-23/h9-19,30,35H,4-8,20H2,1-3H3. The predicted molar refractivity (Wildman–Crippen MR) is 154 cm³/mol. The summed E-state index contributed by atoms with van der Waals surface area (Å²) in [5.41, 5.74) is 3.30. The van der Waals surface area contributed by atoms with E-state index in [1.165, 1.54) is 6.42 Å². The van der Waals surface area contributed by atoms with E-state index in [0.29, 0.717) is 45.3 Å². The van der Waals surface area contributed by atoms with E-state index in [1.54, 1.807) is 66.3 Å². The summed E-state index contributed by atoms with van der Waals surface area (Å²) in [7, 11) is 1.57. The Morgan fingerprint density at radius 3 is 2.31 bits per heavy atom. The first-order chi connectivity index (χ1) is 18.8. The number of carbonyl (C=O) groups is 2. The molecule has 0 saturated carbocycles. The van der Waals surface area contributed by atoms with Crippen LogP contribution in [0.5, 0.6) is 11.5 Å². The molecule has 4 rings (SSSR count). The minimum Gasteiger partial charge on any atom is -0.497 e. The normalized spacial score (nSPS) is 11.9. The molecule has 0 aliphatic carbocycles. The second-order valence-corrected chi connectivity index (χ2v) is 10.1. The molecule has 1 aromatic heterocycles. The third-order valence-electron chi connectivity index (χ3n) is 6.98. The maximum absolute atomic E-state index is 13.5. The Hall–Kier alpha value is -3.61. The molecular weight excluding hydrogens is 514 g/mol. The second-order valence-electron chi connectivity index (χ2n) is 9.68. The van der Waals surface area contributed by atoms with Crippen molar-refractivity contribution in [2.24, 2.45) is 0 Å². The van der Waals surface area contributed by atoms with Gasteiger partial charge in [-0.15, -0.1) is 0 Å². The summed E-state index contributed by atoms with van der Waals surface area (Å²) in [5, 5.41) is 11.7. The van der Waals surface area contributed by atoms with E-state index in [-0.39, 0.29) is 12.3 Å². The number of aromatic nitrogens is 1. The number of fused-ring (bicyclic) bond motifs is 1. The van der Waals surface area contributed by atoms with Crippen LogP contribution in [0.25, 0.3) is 10.9 Å². The number of esters is 1. The zero-order valence-electron chi connectivity index (χ0n) is 22.6. The third-order valence-corrected chi connectivity index (χ3v) is 7.24. The zero-order valence-corrected chi connectivity index (χ0v) is 23.3. The van der Waals surface area contributed by atoms with Gasteiger partial charge in [0.25, 0.3) is 5.91 Å². The first-order valence-electron chi connectivity index (χ1n) is 13.3. The maximum atomic E-state index is 13.5. The smallest absolute Gasteiger partial charge is 0.315 e. The van der Waals surface area contributed by atoms with Crippen molar-refractivity contribution in [3.8, 4) is 11.5 Å². The van der Waals surface area contributed by atoms with Gasteiger partial charge in [-0.25, -0.2) is 0 Å². The Morgan fingerprint density at radius 2 is 1.64 bits per heavy atom. The average Bonchev–Trinajstić information content (AvgIpc) is 3.21. The number of aliphatic hydroxyl groups excluding tert-OH is 1. The van der Waals surface area contributed by atoms with Crippen LogP contribution >= 0.6 is 11.6 Å². The van der Waals surface area contributed by atoms with Crippen LogP contribution < -0.4 is 9.47 Å². The van der Waals surface area contributed by atoms with Crippen molar-refractivity contribution in [3.05, 3.63) is 94.1 Å². The van der Waals surface area contributed by atoms with Crippen LogP contribution in [-0.4, -0.2) is 28.7 Å². The summed E-state index contributed by atoms with van der Waals surface area (Å²) >= 11 is 6.01. The van der Waals surface area contributed by atoms with Gasteiger partial charge in [-0.3, -0.25) is 14.2 Å². The number of benzene rings is 3. The molecule has 1 N–H and O–H groups in total. The number of hydrogen-bond acceptors (Lipinski definition) is 5. The van der Waals surface area contributed by atoms with Crippen LogP contribution in [0.1, 0.15) is 72.3 Å². The van der Waals surface area contributed by atoms with Crippen molar-refractivity contribution in [2.45, 2.75) is 58.5 Å². The Labute approximate surface area is 234 Å². The zero-order chi connectivity index (χ0) is 27.9. The summed E-state index contributed by atoms with van der Waals surface area (Å²) in [6.45, 7) is 3.98. The fourth-order valence-electron chi connectivity index (χ4n) is 4.80. The topological polar surface area (TPSA) is 77.8 Å². The SMILES string of the molecule is CCCCCCC(O)c1ccc(OC(=O)Cc2c(C)n(C(=O)c3ccc(Cl)cc3)c3ccc(OC)cc23)cc1. The Bertz CT molecular complexity index is 1440. The van der Waals surface area contributed by atoms with Gasteiger partial charge < -0.3 is 14.6 Å². The molecule has 0 amide bonds. The summed E-state index contributed by atoms with van der Waals surface area (Å²) in [4.78, 5) is 26.5. The molecule has 0 aliphatic rings. The van der Waals surface area contributed by atoms with Crippen LogP contribution in [-0.2, 0) is 11.2 Å². The van der Waals surface area contributed by atoms with Crippen molar-refractivity contribution in [1.82, 2.24) is 4.57 Å². The van der Waals surface area contributed by atoms with E-state index in [0.717, 1.165) is 30.2 Å². The number of methoxy groups -OCH3 is 1. The third kappa shape index (κ3) is 6.70. The number of unbranched alkanes of at least 4 members (excludes halogenated alkanes) is 3. The van der Waals surface area contributed by atoms with Gasteiger partial charge in [-0.2, -0.15) is 0 Å². The predicted octanol–water partition coefficient (Wildman–Crippen LogP) is 7.45. The lowest BCUT2D eigenvalue weighted by molar-refractivity contribution is -0.133. The molecule has 6 nitrogen and oxygen atoms in total. The molecule has 1 heterocycles. The fourth-order valence-corrected chi connectivity index (χ4v) is 4.92. The minimum absolute atomic E-state index is 0.0296. The van der Waals surface area contributed by atoms with Crippen molar-refractivity contribution in [3.63, 3.8) is 0 Å². The van der Waals surface area contributed by atoms with Gasteiger partial charge in [0.15, 0.2) is 0 Å². The van der Waals surface area contributed by atoms with Gasteiger partial charge in [0.05, 0.1) is 25.2 Å². The average molecular weight is 548 g/mol. The molecule has 1 unspecified atom stereocenters. The van der Waals surface area contributed by atoms with Gasteiger partial charge in [0, 0.05) is 21.7 Å². The summed E-state index contributed by atoms with van der Waals surface area (Å²) in [5.74, 6) is 0.352. The van der Waals surface area contributed by atoms with Crippen molar-refractivity contribution in [1.29, 1.82) is 0 Å². The van der Waals surface area contributed by atoms with Gasteiger partial charge in [-0.1, -0.05) is 56.3 Å². The van der Waals surface area contributed by atoms with Crippen LogP contribution in [0.2, 0.25) is 5.02 Å². The molecule has 4 aromatic rings. The quantitative estimate of drug-likeness (QED) is 0.120. The molecule has 3 aromatic carbocycles. The van der Waals surface area contributed by atoms with E-state index in [4.69, 9.17) is 21.1 Å². The molecule has 204 valence electrons. The number of nitrogens with zero attached hydrogens (tertiary/aromatic N) is 1. The summed E-state index contributed by atoms with van der Waals surface area (Å²) in [6.07, 6.45) is 4.55. The van der Waals surface area contributed by atoms with Gasteiger partial charge in [-0.05, 0) is 79.1 Å². The van der Waals surface area contributed by atoms with Gasteiger partial charge in [0.2, 0.25) is 0 Å².